The number of carbonyl (C=O) groups is 3. The Bertz CT molecular complexity index is 851. The topological polar surface area (TPSA) is 84.9 Å². The number of Topliss-reactive ketones (excluding diaryl/α,β-unsaturated/α-hetero) is 2. The average Bonchev–Trinajstić information content (AvgIpc) is 3.30. The van der Waals surface area contributed by atoms with Crippen molar-refractivity contribution >= 4 is 23.2 Å². The van der Waals surface area contributed by atoms with Crippen LogP contribution in [0.1, 0.15) is 60.9 Å². The molecule has 3 fully saturated rings. The van der Waals surface area contributed by atoms with Crippen LogP contribution in [0.4, 0.5) is 5.69 Å². The Labute approximate surface area is 169 Å². The molecule has 2 saturated carbocycles. The fourth-order valence-electron chi connectivity index (χ4n) is 5.14. The van der Waals surface area contributed by atoms with Crippen molar-refractivity contribution in [1.29, 1.82) is 0 Å². The molecule has 2 aliphatic heterocycles. The maximum Gasteiger partial charge on any atom is 0.255 e. The van der Waals surface area contributed by atoms with E-state index in [2.05, 4.69) is 5.32 Å². The zero-order valence-electron chi connectivity index (χ0n) is 16.4. The zero-order valence-corrected chi connectivity index (χ0v) is 16.4. The number of fused-ring (bicyclic) bond motifs is 1. The second-order valence-corrected chi connectivity index (χ2v) is 8.53. The maximum atomic E-state index is 13.0. The minimum Gasteiger partial charge on any atom is -0.382 e. The third-order valence-electron chi connectivity index (χ3n) is 6.73. The molecule has 0 aromatic heterocycles. The van der Waals surface area contributed by atoms with Gasteiger partial charge in [-0.05, 0) is 31.4 Å². The van der Waals surface area contributed by atoms with Crippen molar-refractivity contribution in [2.45, 2.75) is 69.4 Å². The molecule has 1 spiro atoms. The lowest BCUT2D eigenvalue weighted by atomic mass is 9.89. The maximum absolute atomic E-state index is 13.0. The van der Waals surface area contributed by atoms with Crippen LogP contribution < -0.4 is 5.32 Å². The van der Waals surface area contributed by atoms with Gasteiger partial charge in [0.15, 0.2) is 11.6 Å². The average molecular weight is 398 g/mol. The number of hydrogen-bond acceptors (Lipinski definition) is 6. The highest BCUT2D eigenvalue weighted by atomic mass is 16.7. The molecular formula is C22H26N2O5. The summed E-state index contributed by atoms with van der Waals surface area (Å²) < 4.78 is 11.6. The summed E-state index contributed by atoms with van der Waals surface area (Å²) in [4.78, 5) is 38.5. The second-order valence-electron chi connectivity index (χ2n) is 8.53. The first-order valence-corrected chi connectivity index (χ1v) is 10.6. The van der Waals surface area contributed by atoms with Gasteiger partial charge >= 0.3 is 0 Å². The first-order chi connectivity index (χ1) is 14.0. The molecule has 2 aliphatic carbocycles. The Hall–Kier alpha value is -2.25. The largest absolute Gasteiger partial charge is 0.382 e. The van der Waals surface area contributed by atoms with E-state index in [0.717, 1.165) is 36.9 Å². The molecule has 1 atom stereocenters. The van der Waals surface area contributed by atoms with E-state index in [4.69, 9.17) is 9.47 Å². The monoisotopic (exact) mass is 398 g/mol. The summed E-state index contributed by atoms with van der Waals surface area (Å²) in [5.74, 6) is -0.650. The van der Waals surface area contributed by atoms with E-state index in [1.54, 1.807) is 4.90 Å². The molecule has 1 saturated heterocycles. The smallest absolute Gasteiger partial charge is 0.255 e. The van der Waals surface area contributed by atoms with Gasteiger partial charge in [-0.2, -0.15) is 0 Å². The highest BCUT2D eigenvalue weighted by molar-refractivity contribution is 6.08. The van der Waals surface area contributed by atoms with Crippen LogP contribution in [-0.4, -0.2) is 53.5 Å². The van der Waals surface area contributed by atoms with Gasteiger partial charge in [0.2, 0.25) is 0 Å². The van der Waals surface area contributed by atoms with Crippen molar-refractivity contribution in [2.24, 2.45) is 0 Å². The fraction of sp³-hybridized carbons (Fsp3) is 0.591. The predicted molar refractivity (Wildman–Crippen MR) is 104 cm³/mol. The van der Waals surface area contributed by atoms with Gasteiger partial charge < -0.3 is 19.7 Å². The molecule has 4 aliphatic rings. The summed E-state index contributed by atoms with van der Waals surface area (Å²) in [7, 11) is 0. The Morgan fingerprint density at radius 1 is 1.03 bits per heavy atom. The minimum absolute atomic E-state index is 0.0249. The van der Waals surface area contributed by atoms with Gasteiger partial charge in [-0.15, -0.1) is 0 Å². The third-order valence-corrected chi connectivity index (χ3v) is 6.73. The summed E-state index contributed by atoms with van der Waals surface area (Å²) in [6.07, 6.45) is 4.39. The van der Waals surface area contributed by atoms with Crippen LogP contribution in [0.15, 0.2) is 18.2 Å². The van der Waals surface area contributed by atoms with E-state index >= 15 is 0 Å². The van der Waals surface area contributed by atoms with Gasteiger partial charge in [0.25, 0.3) is 5.91 Å². The van der Waals surface area contributed by atoms with Gasteiger partial charge in [-0.25, -0.2) is 0 Å². The lowest BCUT2D eigenvalue weighted by molar-refractivity contribution is -0.177. The summed E-state index contributed by atoms with van der Waals surface area (Å²) in [5.41, 5.74) is 2.58. The molecule has 29 heavy (non-hydrogen) atoms. The zero-order chi connectivity index (χ0) is 20.0. The first kappa shape index (κ1) is 18.8. The Morgan fingerprint density at radius 2 is 1.79 bits per heavy atom. The van der Waals surface area contributed by atoms with Crippen molar-refractivity contribution < 1.29 is 23.9 Å². The van der Waals surface area contributed by atoms with Crippen LogP contribution in [-0.2, 0) is 25.6 Å². The lowest BCUT2D eigenvalue weighted by Crippen LogP contribution is -2.44. The summed E-state index contributed by atoms with van der Waals surface area (Å²) >= 11 is 0. The summed E-state index contributed by atoms with van der Waals surface area (Å²) in [6.45, 7) is 1.77. The Kier molecular flexibility index (Phi) is 4.67. The van der Waals surface area contributed by atoms with Gasteiger partial charge in [0.1, 0.15) is 5.78 Å². The van der Waals surface area contributed by atoms with Crippen molar-refractivity contribution in [2.75, 3.05) is 18.5 Å². The standard InChI is InChI=1S/C22H26N2O5/c25-15-4-5-19(20(26)12-15)24-13-17-16(21(24)27)2-1-3-18(17)23-14-6-8-22(9-7-14)28-10-11-29-22/h1-3,14,19,23H,4-13H2. The van der Waals surface area contributed by atoms with Crippen LogP contribution in [0.2, 0.25) is 0 Å². The number of carbonyl (C=O) groups excluding carboxylic acids is 3. The van der Waals surface area contributed by atoms with Crippen LogP contribution in [0.25, 0.3) is 0 Å². The number of ketones is 2. The molecule has 1 aromatic carbocycles. The number of anilines is 1. The van der Waals surface area contributed by atoms with Crippen LogP contribution in [0, 0.1) is 0 Å². The molecule has 7 heteroatoms. The Morgan fingerprint density at radius 3 is 2.52 bits per heavy atom. The molecule has 0 bridgehead atoms. The first-order valence-electron chi connectivity index (χ1n) is 10.6. The highest BCUT2D eigenvalue weighted by Crippen LogP contribution is 2.38. The molecule has 1 amide bonds. The SMILES string of the molecule is O=C1CCC(N2Cc3c(NC4CCC5(CC4)OCCO5)cccc3C2=O)C(=O)C1. The van der Waals surface area contributed by atoms with E-state index in [9.17, 15) is 14.4 Å². The molecule has 1 N–H and O–H groups in total. The fourth-order valence-corrected chi connectivity index (χ4v) is 5.14. The molecule has 154 valence electrons. The van der Waals surface area contributed by atoms with Crippen LogP contribution in [0.3, 0.4) is 0 Å². The molecule has 5 rings (SSSR count). The number of benzene rings is 1. The molecule has 1 aromatic rings. The van der Waals surface area contributed by atoms with E-state index in [1.165, 1.54) is 0 Å². The van der Waals surface area contributed by atoms with E-state index in [0.29, 0.717) is 44.2 Å². The highest BCUT2D eigenvalue weighted by Gasteiger charge is 2.42. The quantitative estimate of drug-likeness (QED) is 0.788. The summed E-state index contributed by atoms with van der Waals surface area (Å²) in [5, 5.41) is 3.62. The van der Waals surface area contributed by atoms with E-state index < -0.39 is 6.04 Å². The molecule has 1 unspecified atom stereocenters. The van der Waals surface area contributed by atoms with Crippen molar-refractivity contribution in [1.82, 2.24) is 4.90 Å². The Balaban J connectivity index is 1.30. The number of nitrogens with one attached hydrogen (secondary N) is 1. The molecule has 0 radical (unpaired) electrons. The second kappa shape index (κ2) is 7.22. The normalized spacial score (nSPS) is 27.0. The number of rotatable bonds is 3. The molecule has 7 nitrogen and oxygen atoms in total. The van der Waals surface area contributed by atoms with Crippen molar-refractivity contribution in [3.05, 3.63) is 29.3 Å². The lowest BCUT2D eigenvalue weighted by Gasteiger charge is -2.36. The minimum atomic E-state index is -0.480. The van der Waals surface area contributed by atoms with Crippen LogP contribution in [0.5, 0.6) is 0 Å². The number of nitrogens with zero attached hydrogens (tertiary/aromatic N) is 1. The van der Waals surface area contributed by atoms with Crippen molar-refractivity contribution in [3.63, 3.8) is 0 Å². The number of hydrogen-bond donors (Lipinski definition) is 1. The predicted octanol–water partition coefficient (Wildman–Crippen LogP) is 2.43. The number of ether oxygens (including phenoxy) is 2. The molecular weight excluding hydrogens is 372 g/mol. The van der Waals surface area contributed by atoms with Crippen molar-refractivity contribution in [3.8, 4) is 0 Å². The van der Waals surface area contributed by atoms with Gasteiger partial charge in [0, 0.05) is 48.7 Å². The molecule has 2 heterocycles. The van der Waals surface area contributed by atoms with Crippen LogP contribution >= 0.6 is 0 Å². The van der Waals surface area contributed by atoms with Gasteiger partial charge in [-0.3, -0.25) is 14.4 Å². The van der Waals surface area contributed by atoms with Gasteiger partial charge in [-0.1, -0.05) is 6.07 Å². The third kappa shape index (κ3) is 3.36. The number of amides is 1. The van der Waals surface area contributed by atoms with E-state index in [-0.39, 0.29) is 29.7 Å². The summed E-state index contributed by atoms with van der Waals surface area (Å²) in [6, 6.07) is 5.55. The van der Waals surface area contributed by atoms with E-state index in [1.807, 2.05) is 18.2 Å². The van der Waals surface area contributed by atoms with Gasteiger partial charge in [0.05, 0.1) is 25.7 Å².